The summed E-state index contributed by atoms with van der Waals surface area (Å²) in [4.78, 5) is 15.1. The van der Waals surface area contributed by atoms with E-state index < -0.39 is 27.2 Å². The fraction of sp³-hybridized carbons (Fsp3) is 0.682. The highest BCUT2D eigenvalue weighted by atomic mass is 32.2. The third-order valence-corrected chi connectivity index (χ3v) is 7.27. The van der Waals surface area contributed by atoms with Crippen LogP contribution in [0.1, 0.15) is 78.8 Å². The Kier molecular flexibility index (Phi) is 5.78. The molecule has 0 spiro atoms. The summed E-state index contributed by atoms with van der Waals surface area (Å²) in [6.07, 6.45) is 3.46. The lowest BCUT2D eigenvalue weighted by atomic mass is 9.79. The van der Waals surface area contributed by atoms with Crippen molar-refractivity contribution in [3.8, 4) is 0 Å². The van der Waals surface area contributed by atoms with Crippen molar-refractivity contribution in [1.82, 2.24) is 9.62 Å². The molecule has 5 nitrogen and oxygen atoms in total. The number of fused-ring (bicyclic) bond motifs is 2. The van der Waals surface area contributed by atoms with Gasteiger partial charge >= 0.3 is 6.09 Å². The molecule has 28 heavy (non-hydrogen) atoms. The Morgan fingerprint density at radius 2 is 1.75 bits per heavy atom. The Morgan fingerprint density at radius 1 is 1.18 bits per heavy atom. The molecule has 2 saturated heterocycles. The van der Waals surface area contributed by atoms with Gasteiger partial charge in [-0.3, -0.25) is 4.90 Å². The zero-order valence-electron chi connectivity index (χ0n) is 18.0. The van der Waals surface area contributed by atoms with E-state index in [-0.39, 0.29) is 18.2 Å². The second-order valence-electron chi connectivity index (χ2n) is 10.0. The number of nitrogens with one attached hydrogen (secondary N) is 1. The average molecular weight is 407 g/mol. The van der Waals surface area contributed by atoms with E-state index >= 15 is 0 Å². The van der Waals surface area contributed by atoms with Gasteiger partial charge in [-0.2, -0.15) is 0 Å². The van der Waals surface area contributed by atoms with Gasteiger partial charge in [0.25, 0.3) is 0 Å². The van der Waals surface area contributed by atoms with Crippen LogP contribution in [0.25, 0.3) is 0 Å². The van der Waals surface area contributed by atoms with E-state index in [0.29, 0.717) is 0 Å². The molecule has 2 aliphatic rings. The van der Waals surface area contributed by atoms with Crippen LogP contribution in [0.5, 0.6) is 0 Å². The van der Waals surface area contributed by atoms with E-state index in [0.717, 1.165) is 31.2 Å². The molecule has 1 amide bonds. The normalized spacial score (nSPS) is 27.0. The zero-order chi connectivity index (χ0) is 20.7. The highest BCUT2D eigenvalue weighted by Crippen LogP contribution is 2.53. The minimum Gasteiger partial charge on any atom is -0.598 e. The molecule has 3 rings (SSSR count). The molecule has 1 aromatic carbocycles. The average Bonchev–Trinajstić information content (AvgIpc) is 3.14. The molecule has 6 heteroatoms. The van der Waals surface area contributed by atoms with Crippen LogP contribution in [0.3, 0.4) is 0 Å². The van der Waals surface area contributed by atoms with E-state index in [1.54, 1.807) is 0 Å². The van der Waals surface area contributed by atoms with E-state index in [1.807, 2.05) is 64.6 Å². The second kappa shape index (κ2) is 7.54. The molecule has 2 atom stereocenters. The van der Waals surface area contributed by atoms with Gasteiger partial charge < -0.3 is 9.29 Å². The van der Waals surface area contributed by atoms with Crippen molar-refractivity contribution in [2.45, 2.75) is 95.2 Å². The van der Waals surface area contributed by atoms with Crippen LogP contribution in [0.4, 0.5) is 4.79 Å². The van der Waals surface area contributed by atoms with Crippen LogP contribution in [0.2, 0.25) is 0 Å². The van der Waals surface area contributed by atoms with Crippen molar-refractivity contribution in [2.75, 3.05) is 0 Å². The molecule has 2 fully saturated rings. The molecule has 2 bridgehead atoms. The van der Waals surface area contributed by atoms with Gasteiger partial charge in [-0.25, -0.2) is 4.79 Å². The van der Waals surface area contributed by atoms with E-state index in [4.69, 9.17) is 4.74 Å². The molecule has 2 heterocycles. The summed E-state index contributed by atoms with van der Waals surface area (Å²) in [7, 11) is 0. The summed E-state index contributed by atoms with van der Waals surface area (Å²) in [6.45, 7) is 11.6. The highest BCUT2D eigenvalue weighted by molar-refractivity contribution is 7.90. The molecule has 1 aromatic rings. The van der Waals surface area contributed by atoms with Gasteiger partial charge in [0.15, 0.2) is 0 Å². The molecule has 0 aromatic heterocycles. The van der Waals surface area contributed by atoms with Crippen LogP contribution in [-0.4, -0.2) is 37.5 Å². The molecule has 1 N–H and O–H groups in total. The van der Waals surface area contributed by atoms with Crippen molar-refractivity contribution >= 4 is 17.5 Å². The molecular formula is C22H34N2O3S. The van der Waals surface area contributed by atoms with Gasteiger partial charge in [-0.1, -0.05) is 30.3 Å². The van der Waals surface area contributed by atoms with Crippen LogP contribution in [-0.2, 0) is 16.1 Å². The minimum atomic E-state index is -1.25. The monoisotopic (exact) mass is 406 g/mol. The van der Waals surface area contributed by atoms with Crippen LogP contribution in [0, 0.1) is 0 Å². The lowest BCUT2D eigenvalue weighted by Gasteiger charge is -2.43. The number of hydrogen-bond acceptors (Lipinski definition) is 4. The Morgan fingerprint density at radius 3 is 2.25 bits per heavy atom. The largest absolute Gasteiger partial charge is 0.598 e. The Labute approximate surface area is 172 Å². The first-order chi connectivity index (χ1) is 12.9. The van der Waals surface area contributed by atoms with E-state index in [9.17, 15) is 9.35 Å². The van der Waals surface area contributed by atoms with E-state index in [1.165, 1.54) is 0 Å². The topological polar surface area (TPSA) is 64.6 Å². The van der Waals surface area contributed by atoms with Crippen molar-refractivity contribution in [2.24, 2.45) is 0 Å². The predicted molar refractivity (Wildman–Crippen MR) is 113 cm³/mol. The second-order valence-corrected chi connectivity index (χ2v) is 12.0. The highest BCUT2D eigenvalue weighted by Gasteiger charge is 2.60. The first-order valence-electron chi connectivity index (χ1n) is 10.2. The van der Waals surface area contributed by atoms with Crippen LogP contribution >= 0.6 is 0 Å². The number of ether oxygens (including phenoxy) is 1. The SMILES string of the molecule is CC(C)(C)OC(=O)N1C2CCC1(C(N[S@+]([O-])C(C)(C)C)c1ccccc1)CC2. The number of nitrogens with zero attached hydrogens (tertiary/aromatic N) is 1. The number of carbonyl (C=O) groups excluding carboxylic acids is 1. The first kappa shape index (κ1) is 21.5. The Hall–Kier alpha value is -1.24. The fourth-order valence-corrected chi connectivity index (χ4v) is 5.38. The lowest BCUT2D eigenvalue weighted by Crippen LogP contribution is -2.56. The van der Waals surface area contributed by atoms with Gasteiger partial charge in [0.1, 0.15) is 16.4 Å². The number of amides is 1. The summed E-state index contributed by atoms with van der Waals surface area (Å²) in [6, 6.07) is 10.1. The molecule has 2 aliphatic heterocycles. The minimum absolute atomic E-state index is 0.200. The van der Waals surface area contributed by atoms with Crippen LogP contribution in [0.15, 0.2) is 30.3 Å². The lowest BCUT2D eigenvalue weighted by molar-refractivity contribution is 0.00417. The summed E-state index contributed by atoms with van der Waals surface area (Å²) in [5, 5.41) is 0. The van der Waals surface area contributed by atoms with Gasteiger partial charge in [0.2, 0.25) is 0 Å². The van der Waals surface area contributed by atoms with E-state index in [2.05, 4.69) is 16.9 Å². The molecule has 1 unspecified atom stereocenters. The molecule has 0 aliphatic carbocycles. The fourth-order valence-electron chi connectivity index (χ4n) is 4.45. The summed E-state index contributed by atoms with van der Waals surface area (Å²) in [5.41, 5.74) is 0.121. The smallest absolute Gasteiger partial charge is 0.411 e. The van der Waals surface area contributed by atoms with Gasteiger partial charge in [0.05, 0.1) is 5.54 Å². The van der Waals surface area contributed by atoms with Crippen molar-refractivity contribution in [3.05, 3.63) is 35.9 Å². The third-order valence-electron chi connectivity index (χ3n) is 5.71. The molecular weight excluding hydrogens is 372 g/mol. The van der Waals surface area contributed by atoms with Gasteiger partial charge in [-0.05, 0) is 72.8 Å². The Bertz CT molecular complexity index is 688. The molecule has 0 saturated carbocycles. The third kappa shape index (κ3) is 4.19. The molecule has 0 radical (unpaired) electrons. The van der Waals surface area contributed by atoms with Gasteiger partial charge in [0, 0.05) is 17.4 Å². The van der Waals surface area contributed by atoms with Crippen molar-refractivity contribution in [1.29, 1.82) is 0 Å². The standard InChI is InChI=1S/C22H34N2O3S/c1-20(2,3)27-19(25)24-17-12-14-22(24,15-13-17)18(16-10-8-7-9-11-16)23-28(26)21(4,5)6/h7-11,17-18,23H,12-15H2,1-6H3/t17?,18?,22?,28-/m1/s1. The number of rotatable bonds is 4. The zero-order valence-corrected chi connectivity index (χ0v) is 18.8. The predicted octanol–water partition coefficient (Wildman–Crippen LogP) is 4.71. The van der Waals surface area contributed by atoms with Crippen molar-refractivity contribution < 1.29 is 14.1 Å². The maximum Gasteiger partial charge on any atom is 0.411 e. The number of hydrogen-bond donors (Lipinski definition) is 1. The number of benzene rings is 1. The van der Waals surface area contributed by atoms with Crippen molar-refractivity contribution in [3.63, 3.8) is 0 Å². The maximum absolute atomic E-state index is 13.1. The summed E-state index contributed by atoms with van der Waals surface area (Å²) >= 11 is -1.25. The van der Waals surface area contributed by atoms with Crippen LogP contribution < -0.4 is 4.72 Å². The van der Waals surface area contributed by atoms with Gasteiger partial charge in [-0.15, -0.1) is 4.72 Å². The first-order valence-corrected chi connectivity index (χ1v) is 11.3. The number of carbonyl (C=O) groups is 1. The Balaban J connectivity index is 1.98. The molecule has 156 valence electrons. The quantitative estimate of drug-likeness (QED) is 0.736. The maximum atomic E-state index is 13.1. The summed E-state index contributed by atoms with van der Waals surface area (Å²) in [5.74, 6) is 0. The summed E-state index contributed by atoms with van der Waals surface area (Å²) < 4.78 is 21.8.